The highest BCUT2D eigenvalue weighted by Crippen LogP contribution is 2.26. The molecule has 136 valence electrons. The van der Waals surface area contributed by atoms with E-state index in [-0.39, 0.29) is 23.8 Å². The molecule has 0 spiro atoms. The standard InChI is InChI=1S/C22H25NO3/c24-21(23-20-12-11-18(15-20)22(25)26)19(13-16-7-3-1-4-8-16)14-17-9-5-2-6-10-17/h1-10,18-20H,11-15H2,(H,23,24)(H,25,26)/t18-,20+/m0/s1. The number of amides is 1. The van der Waals surface area contributed by atoms with Gasteiger partial charge in [0, 0.05) is 12.0 Å². The molecule has 1 fully saturated rings. The Morgan fingerprint density at radius 1 is 0.923 bits per heavy atom. The second kappa shape index (κ2) is 8.65. The third-order valence-corrected chi connectivity index (χ3v) is 5.15. The van der Waals surface area contributed by atoms with E-state index in [2.05, 4.69) is 5.32 Å². The fraction of sp³-hybridized carbons (Fsp3) is 0.364. The molecule has 0 saturated heterocycles. The minimum Gasteiger partial charge on any atom is -0.481 e. The van der Waals surface area contributed by atoms with Crippen LogP contribution in [0.4, 0.5) is 0 Å². The predicted octanol–water partition coefficient (Wildman–Crippen LogP) is 3.46. The second-order valence-corrected chi connectivity index (χ2v) is 7.13. The molecule has 0 bridgehead atoms. The maximum absolute atomic E-state index is 12.9. The number of hydrogen-bond donors (Lipinski definition) is 2. The summed E-state index contributed by atoms with van der Waals surface area (Å²) in [5.74, 6) is -1.23. The molecule has 0 unspecified atom stereocenters. The van der Waals surface area contributed by atoms with Gasteiger partial charge < -0.3 is 10.4 Å². The minimum atomic E-state index is -0.758. The van der Waals surface area contributed by atoms with Crippen molar-refractivity contribution in [2.24, 2.45) is 11.8 Å². The van der Waals surface area contributed by atoms with E-state index >= 15 is 0 Å². The zero-order valence-electron chi connectivity index (χ0n) is 14.8. The Morgan fingerprint density at radius 3 is 1.92 bits per heavy atom. The maximum Gasteiger partial charge on any atom is 0.306 e. The van der Waals surface area contributed by atoms with Crippen molar-refractivity contribution >= 4 is 11.9 Å². The Morgan fingerprint density at radius 2 is 1.46 bits per heavy atom. The normalized spacial score (nSPS) is 19.4. The topological polar surface area (TPSA) is 66.4 Å². The molecule has 3 rings (SSSR count). The lowest BCUT2D eigenvalue weighted by Gasteiger charge is -2.20. The van der Waals surface area contributed by atoms with Gasteiger partial charge in [-0.05, 0) is 43.2 Å². The lowest BCUT2D eigenvalue weighted by Crippen LogP contribution is -2.39. The van der Waals surface area contributed by atoms with Crippen LogP contribution in [0.3, 0.4) is 0 Å². The van der Waals surface area contributed by atoms with Gasteiger partial charge in [0.25, 0.3) is 0 Å². The van der Waals surface area contributed by atoms with Crippen molar-refractivity contribution in [1.82, 2.24) is 5.32 Å². The van der Waals surface area contributed by atoms with Crippen LogP contribution in [0, 0.1) is 11.8 Å². The molecule has 0 aliphatic heterocycles. The molecule has 2 atom stereocenters. The van der Waals surface area contributed by atoms with Crippen LogP contribution in [0.15, 0.2) is 60.7 Å². The van der Waals surface area contributed by atoms with Gasteiger partial charge in [-0.1, -0.05) is 60.7 Å². The van der Waals surface area contributed by atoms with Crippen LogP contribution in [-0.4, -0.2) is 23.0 Å². The second-order valence-electron chi connectivity index (χ2n) is 7.13. The van der Waals surface area contributed by atoms with Gasteiger partial charge in [0.15, 0.2) is 0 Å². The fourth-order valence-corrected chi connectivity index (χ4v) is 3.71. The van der Waals surface area contributed by atoms with Crippen LogP contribution >= 0.6 is 0 Å². The van der Waals surface area contributed by atoms with Crippen molar-refractivity contribution in [2.75, 3.05) is 0 Å². The minimum absolute atomic E-state index is 0.0220. The van der Waals surface area contributed by atoms with Crippen LogP contribution in [-0.2, 0) is 22.4 Å². The molecule has 26 heavy (non-hydrogen) atoms. The van der Waals surface area contributed by atoms with Gasteiger partial charge in [-0.2, -0.15) is 0 Å². The average Bonchev–Trinajstić information content (AvgIpc) is 3.12. The van der Waals surface area contributed by atoms with Crippen LogP contribution < -0.4 is 5.32 Å². The molecule has 1 aliphatic rings. The number of rotatable bonds is 7. The van der Waals surface area contributed by atoms with Crippen molar-refractivity contribution < 1.29 is 14.7 Å². The number of carboxylic acids is 1. The Hall–Kier alpha value is -2.62. The van der Waals surface area contributed by atoms with E-state index in [9.17, 15) is 9.59 Å². The number of carbonyl (C=O) groups excluding carboxylic acids is 1. The van der Waals surface area contributed by atoms with Crippen molar-refractivity contribution in [1.29, 1.82) is 0 Å². The third kappa shape index (κ3) is 4.94. The molecule has 1 saturated carbocycles. The monoisotopic (exact) mass is 351 g/mol. The summed E-state index contributed by atoms with van der Waals surface area (Å²) in [6.45, 7) is 0. The van der Waals surface area contributed by atoms with Crippen molar-refractivity contribution in [3.8, 4) is 0 Å². The first kappa shape index (κ1) is 18.2. The summed E-state index contributed by atoms with van der Waals surface area (Å²) in [6.07, 6.45) is 3.27. The zero-order valence-corrected chi connectivity index (χ0v) is 14.8. The summed E-state index contributed by atoms with van der Waals surface area (Å²) in [5, 5.41) is 12.3. The van der Waals surface area contributed by atoms with Gasteiger partial charge in [-0.25, -0.2) is 0 Å². The summed E-state index contributed by atoms with van der Waals surface area (Å²) >= 11 is 0. The highest BCUT2D eigenvalue weighted by atomic mass is 16.4. The van der Waals surface area contributed by atoms with E-state index < -0.39 is 5.97 Å². The molecule has 1 amide bonds. The molecule has 0 radical (unpaired) electrons. The molecule has 2 aromatic rings. The van der Waals surface area contributed by atoms with Crippen molar-refractivity contribution in [3.05, 3.63) is 71.8 Å². The molecule has 1 aliphatic carbocycles. The fourth-order valence-electron chi connectivity index (χ4n) is 3.71. The number of hydrogen-bond acceptors (Lipinski definition) is 2. The van der Waals surface area contributed by atoms with Crippen molar-refractivity contribution in [2.45, 2.75) is 38.1 Å². The molecule has 2 aromatic carbocycles. The predicted molar refractivity (Wildman–Crippen MR) is 101 cm³/mol. The summed E-state index contributed by atoms with van der Waals surface area (Å²) in [4.78, 5) is 24.1. The lowest BCUT2D eigenvalue weighted by atomic mass is 9.91. The molecule has 4 heteroatoms. The smallest absolute Gasteiger partial charge is 0.306 e. The zero-order chi connectivity index (χ0) is 18.4. The van der Waals surface area contributed by atoms with Crippen LogP contribution in [0.5, 0.6) is 0 Å². The van der Waals surface area contributed by atoms with E-state index in [0.29, 0.717) is 25.7 Å². The first-order valence-corrected chi connectivity index (χ1v) is 9.23. The molecular formula is C22H25NO3. The number of nitrogens with one attached hydrogen (secondary N) is 1. The molecule has 2 N–H and O–H groups in total. The van der Waals surface area contributed by atoms with Gasteiger partial charge >= 0.3 is 5.97 Å². The first-order valence-electron chi connectivity index (χ1n) is 9.23. The van der Waals surface area contributed by atoms with Crippen LogP contribution in [0.2, 0.25) is 0 Å². The number of benzene rings is 2. The average molecular weight is 351 g/mol. The first-order chi connectivity index (χ1) is 12.6. The third-order valence-electron chi connectivity index (χ3n) is 5.15. The summed E-state index contributed by atoms with van der Waals surface area (Å²) in [7, 11) is 0. The Bertz CT molecular complexity index is 688. The van der Waals surface area contributed by atoms with E-state index in [0.717, 1.165) is 17.5 Å². The van der Waals surface area contributed by atoms with Gasteiger partial charge in [-0.3, -0.25) is 9.59 Å². The Balaban J connectivity index is 1.67. The SMILES string of the molecule is O=C(N[C@@H]1CC[C@H](C(=O)O)C1)C(Cc1ccccc1)Cc1ccccc1. The molecule has 0 aromatic heterocycles. The lowest BCUT2D eigenvalue weighted by molar-refractivity contribution is -0.141. The van der Waals surface area contributed by atoms with E-state index in [1.165, 1.54) is 0 Å². The molecular weight excluding hydrogens is 326 g/mol. The number of carboxylic acid groups (broad SMARTS) is 1. The van der Waals surface area contributed by atoms with Crippen LogP contribution in [0.1, 0.15) is 30.4 Å². The van der Waals surface area contributed by atoms with E-state index in [1.807, 2.05) is 60.7 Å². The summed E-state index contributed by atoms with van der Waals surface area (Å²) < 4.78 is 0. The summed E-state index contributed by atoms with van der Waals surface area (Å²) in [6, 6.07) is 20.0. The highest BCUT2D eigenvalue weighted by Gasteiger charge is 2.32. The summed E-state index contributed by atoms with van der Waals surface area (Å²) in [5.41, 5.74) is 2.27. The number of carbonyl (C=O) groups is 2. The van der Waals surface area contributed by atoms with Crippen molar-refractivity contribution in [3.63, 3.8) is 0 Å². The van der Waals surface area contributed by atoms with Gasteiger partial charge in [-0.15, -0.1) is 0 Å². The Kier molecular flexibility index (Phi) is 6.05. The molecule has 4 nitrogen and oxygen atoms in total. The highest BCUT2D eigenvalue weighted by molar-refractivity contribution is 5.80. The Labute approximate surface area is 154 Å². The van der Waals surface area contributed by atoms with E-state index in [4.69, 9.17) is 5.11 Å². The van der Waals surface area contributed by atoms with Gasteiger partial charge in [0.05, 0.1) is 5.92 Å². The van der Waals surface area contributed by atoms with Crippen LogP contribution in [0.25, 0.3) is 0 Å². The maximum atomic E-state index is 12.9. The van der Waals surface area contributed by atoms with Gasteiger partial charge in [0.2, 0.25) is 5.91 Å². The van der Waals surface area contributed by atoms with Gasteiger partial charge in [0.1, 0.15) is 0 Å². The largest absolute Gasteiger partial charge is 0.481 e. The van der Waals surface area contributed by atoms with E-state index in [1.54, 1.807) is 0 Å². The molecule has 0 heterocycles. The quantitative estimate of drug-likeness (QED) is 0.803. The number of aliphatic carboxylic acids is 1.